The standard InChI is InChI=1S/C13H23NO2/c1-12(2)7-8-14(10-12)11(15)9-13(16)5-3-4-6-13/h16H,3-10H2,1-2H3. The third-order valence-corrected chi connectivity index (χ3v) is 4.04. The molecule has 0 bridgehead atoms. The molecule has 1 aliphatic heterocycles. The van der Waals surface area contributed by atoms with Crippen LogP contribution in [0.2, 0.25) is 0 Å². The van der Waals surface area contributed by atoms with Crippen molar-refractivity contribution in [3.8, 4) is 0 Å². The van der Waals surface area contributed by atoms with E-state index in [1.165, 1.54) is 0 Å². The molecular weight excluding hydrogens is 202 g/mol. The highest BCUT2D eigenvalue weighted by atomic mass is 16.3. The predicted octanol–water partition coefficient (Wildman–Crippen LogP) is 1.94. The Hall–Kier alpha value is -0.570. The van der Waals surface area contributed by atoms with E-state index in [4.69, 9.17) is 0 Å². The Kier molecular flexibility index (Phi) is 2.99. The second kappa shape index (κ2) is 4.02. The maximum Gasteiger partial charge on any atom is 0.225 e. The molecule has 0 unspecified atom stereocenters. The maximum atomic E-state index is 12.1. The molecule has 3 heteroatoms. The third-order valence-electron chi connectivity index (χ3n) is 4.04. The molecule has 0 aromatic rings. The average Bonchev–Trinajstić information content (AvgIpc) is 2.72. The van der Waals surface area contributed by atoms with Gasteiger partial charge in [0.05, 0.1) is 12.0 Å². The summed E-state index contributed by atoms with van der Waals surface area (Å²) in [6.07, 6.45) is 5.15. The summed E-state index contributed by atoms with van der Waals surface area (Å²) in [5, 5.41) is 10.2. The molecule has 2 aliphatic rings. The molecule has 1 heterocycles. The lowest BCUT2D eigenvalue weighted by Crippen LogP contribution is -2.37. The molecule has 1 saturated carbocycles. The highest BCUT2D eigenvalue weighted by Gasteiger charge is 2.38. The second-order valence-electron chi connectivity index (χ2n) is 6.34. The number of amides is 1. The predicted molar refractivity (Wildman–Crippen MR) is 63.0 cm³/mol. The van der Waals surface area contributed by atoms with Crippen LogP contribution in [0.4, 0.5) is 0 Å². The smallest absolute Gasteiger partial charge is 0.225 e. The number of carbonyl (C=O) groups excluding carboxylic acids is 1. The van der Waals surface area contributed by atoms with Crippen LogP contribution in [0.15, 0.2) is 0 Å². The van der Waals surface area contributed by atoms with Gasteiger partial charge in [-0.1, -0.05) is 26.7 Å². The Labute approximate surface area is 97.8 Å². The van der Waals surface area contributed by atoms with E-state index < -0.39 is 5.60 Å². The Bertz CT molecular complexity index is 280. The first-order chi connectivity index (χ1) is 7.40. The zero-order valence-electron chi connectivity index (χ0n) is 10.5. The van der Waals surface area contributed by atoms with Crippen molar-refractivity contribution in [3.05, 3.63) is 0 Å². The quantitative estimate of drug-likeness (QED) is 0.780. The lowest BCUT2D eigenvalue weighted by Gasteiger charge is -2.26. The summed E-state index contributed by atoms with van der Waals surface area (Å²) in [5.41, 5.74) is -0.433. The van der Waals surface area contributed by atoms with Crippen molar-refractivity contribution in [1.29, 1.82) is 0 Å². The highest BCUT2D eigenvalue weighted by molar-refractivity contribution is 5.77. The van der Waals surface area contributed by atoms with Gasteiger partial charge in [-0.05, 0) is 24.7 Å². The highest BCUT2D eigenvalue weighted by Crippen LogP contribution is 2.35. The van der Waals surface area contributed by atoms with Crippen LogP contribution < -0.4 is 0 Å². The van der Waals surface area contributed by atoms with E-state index in [-0.39, 0.29) is 11.3 Å². The molecule has 0 atom stereocenters. The Morgan fingerprint density at radius 1 is 1.25 bits per heavy atom. The summed E-state index contributed by atoms with van der Waals surface area (Å²) in [7, 11) is 0. The van der Waals surface area contributed by atoms with Crippen molar-refractivity contribution in [2.24, 2.45) is 5.41 Å². The Balaban J connectivity index is 1.89. The Morgan fingerprint density at radius 2 is 1.88 bits per heavy atom. The van der Waals surface area contributed by atoms with Crippen LogP contribution in [0.5, 0.6) is 0 Å². The van der Waals surface area contributed by atoms with E-state index in [1.807, 2.05) is 4.90 Å². The maximum absolute atomic E-state index is 12.1. The van der Waals surface area contributed by atoms with E-state index in [1.54, 1.807) is 0 Å². The summed E-state index contributed by atoms with van der Waals surface area (Å²) in [6, 6.07) is 0. The topological polar surface area (TPSA) is 40.5 Å². The van der Waals surface area contributed by atoms with Gasteiger partial charge >= 0.3 is 0 Å². The van der Waals surface area contributed by atoms with Crippen molar-refractivity contribution in [2.45, 2.75) is 58.0 Å². The molecule has 16 heavy (non-hydrogen) atoms. The molecule has 0 aromatic carbocycles. The minimum absolute atomic E-state index is 0.148. The molecule has 2 fully saturated rings. The van der Waals surface area contributed by atoms with Gasteiger partial charge in [0.25, 0.3) is 0 Å². The van der Waals surface area contributed by atoms with E-state index in [0.29, 0.717) is 6.42 Å². The summed E-state index contributed by atoms with van der Waals surface area (Å²) in [4.78, 5) is 14.0. The molecule has 0 radical (unpaired) electrons. The van der Waals surface area contributed by atoms with Crippen molar-refractivity contribution in [3.63, 3.8) is 0 Å². The molecule has 0 spiro atoms. The van der Waals surface area contributed by atoms with Crippen molar-refractivity contribution >= 4 is 5.91 Å². The molecule has 92 valence electrons. The lowest BCUT2D eigenvalue weighted by molar-refractivity contribution is -0.135. The van der Waals surface area contributed by atoms with Gasteiger partial charge < -0.3 is 10.0 Å². The fraction of sp³-hybridized carbons (Fsp3) is 0.923. The molecule has 0 aromatic heterocycles. The van der Waals surface area contributed by atoms with Gasteiger partial charge in [0, 0.05) is 13.1 Å². The van der Waals surface area contributed by atoms with E-state index in [2.05, 4.69) is 13.8 Å². The van der Waals surface area contributed by atoms with Gasteiger partial charge in [0.2, 0.25) is 5.91 Å². The number of likely N-dealkylation sites (tertiary alicyclic amines) is 1. The largest absolute Gasteiger partial charge is 0.389 e. The second-order valence-corrected chi connectivity index (χ2v) is 6.34. The van der Waals surface area contributed by atoms with Gasteiger partial charge in [-0.25, -0.2) is 0 Å². The summed E-state index contributed by atoms with van der Waals surface area (Å²) < 4.78 is 0. The number of rotatable bonds is 2. The van der Waals surface area contributed by atoms with Crippen LogP contribution >= 0.6 is 0 Å². The van der Waals surface area contributed by atoms with Gasteiger partial charge in [0.1, 0.15) is 0 Å². The zero-order chi connectivity index (χ0) is 11.8. The monoisotopic (exact) mass is 225 g/mol. The fourth-order valence-corrected chi connectivity index (χ4v) is 2.93. The third kappa shape index (κ3) is 2.57. The SMILES string of the molecule is CC1(C)CCN(C(=O)CC2(O)CCCC2)C1. The fourth-order valence-electron chi connectivity index (χ4n) is 2.93. The van der Waals surface area contributed by atoms with Gasteiger partial charge in [-0.3, -0.25) is 4.79 Å². The van der Waals surface area contributed by atoms with Crippen LogP contribution in [0.1, 0.15) is 52.4 Å². The molecule has 1 amide bonds. The van der Waals surface area contributed by atoms with Crippen LogP contribution in [0.3, 0.4) is 0 Å². The van der Waals surface area contributed by atoms with Crippen molar-refractivity contribution in [2.75, 3.05) is 13.1 Å². The van der Waals surface area contributed by atoms with Gasteiger partial charge in [0.15, 0.2) is 0 Å². The number of nitrogens with zero attached hydrogens (tertiary/aromatic N) is 1. The summed E-state index contributed by atoms with van der Waals surface area (Å²) >= 11 is 0. The van der Waals surface area contributed by atoms with Crippen LogP contribution in [0, 0.1) is 5.41 Å². The summed E-state index contributed by atoms with van der Waals surface area (Å²) in [5.74, 6) is 0.148. The molecule has 1 aliphatic carbocycles. The number of aliphatic hydroxyl groups is 1. The zero-order valence-corrected chi connectivity index (χ0v) is 10.5. The van der Waals surface area contributed by atoms with E-state index >= 15 is 0 Å². The Morgan fingerprint density at radius 3 is 2.38 bits per heavy atom. The average molecular weight is 225 g/mol. The molecule has 2 rings (SSSR count). The molecule has 1 N–H and O–H groups in total. The van der Waals surface area contributed by atoms with Crippen molar-refractivity contribution < 1.29 is 9.90 Å². The van der Waals surface area contributed by atoms with Gasteiger partial charge in [-0.15, -0.1) is 0 Å². The first kappa shape index (κ1) is 11.9. The molecular formula is C13H23NO2. The van der Waals surface area contributed by atoms with E-state index in [9.17, 15) is 9.90 Å². The van der Waals surface area contributed by atoms with E-state index in [0.717, 1.165) is 45.2 Å². The minimum Gasteiger partial charge on any atom is -0.389 e. The first-order valence-electron chi connectivity index (χ1n) is 6.41. The number of hydrogen-bond donors (Lipinski definition) is 1. The van der Waals surface area contributed by atoms with Gasteiger partial charge in [-0.2, -0.15) is 0 Å². The molecule has 1 saturated heterocycles. The molecule has 3 nitrogen and oxygen atoms in total. The van der Waals surface area contributed by atoms with Crippen LogP contribution in [-0.2, 0) is 4.79 Å². The number of hydrogen-bond acceptors (Lipinski definition) is 2. The number of carbonyl (C=O) groups is 1. The lowest BCUT2D eigenvalue weighted by atomic mass is 9.93. The summed E-state index contributed by atoms with van der Waals surface area (Å²) in [6.45, 7) is 6.11. The normalized spacial score (nSPS) is 27.3. The first-order valence-corrected chi connectivity index (χ1v) is 6.41. The van der Waals surface area contributed by atoms with Crippen molar-refractivity contribution in [1.82, 2.24) is 4.90 Å². The van der Waals surface area contributed by atoms with Crippen LogP contribution in [0.25, 0.3) is 0 Å². The minimum atomic E-state index is -0.691. The van der Waals surface area contributed by atoms with Crippen LogP contribution in [-0.4, -0.2) is 34.6 Å².